The zero-order valence-corrected chi connectivity index (χ0v) is 12.3. The van der Waals surface area contributed by atoms with Crippen molar-refractivity contribution in [2.75, 3.05) is 6.54 Å². The van der Waals surface area contributed by atoms with Crippen LogP contribution in [0.2, 0.25) is 0 Å². The molecule has 2 aromatic heterocycles. The molecule has 1 N–H and O–H groups in total. The number of hydrogen-bond donors (Lipinski definition) is 1. The van der Waals surface area contributed by atoms with Gasteiger partial charge in [-0.2, -0.15) is 5.10 Å². The summed E-state index contributed by atoms with van der Waals surface area (Å²) in [5.41, 5.74) is 3.40. The van der Waals surface area contributed by atoms with Gasteiger partial charge >= 0.3 is 0 Å². The van der Waals surface area contributed by atoms with Crippen LogP contribution in [0.25, 0.3) is 10.9 Å². The Kier molecular flexibility index (Phi) is 4.26. The first kappa shape index (κ1) is 13.8. The number of hydrogen-bond acceptors (Lipinski definition) is 3. The predicted octanol–water partition coefficient (Wildman–Crippen LogP) is 2.98. The first-order valence-electron chi connectivity index (χ1n) is 7.42. The Morgan fingerprint density at radius 1 is 1.10 bits per heavy atom. The Morgan fingerprint density at radius 3 is 2.81 bits per heavy atom. The van der Waals surface area contributed by atoms with E-state index in [2.05, 4.69) is 46.6 Å². The van der Waals surface area contributed by atoms with Crippen molar-refractivity contribution in [3.63, 3.8) is 0 Å². The third-order valence-corrected chi connectivity index (χ3v) is 3.50. The summed E-state index contributed by atoms with van der Waals surface area (Å²) in [5.74, 6) is 0. The molecule has 0 saturated carbocycles. The highest BCUT2D eigenvalue weighted by atomic mass is 15.3. The molecular weight excluding hydrogens is 260 g/mol. The number of nitrogens with one attached hydrogen (secondary N) is 1. The second-order valence-electron chi connectivity index (χ2n) is 5.20. The maximum atomic E-state index is 4.54. The molecule has 2 heterocycles. The lowest BCUT2D eigenvalue weighted by atomic mass is 10.2. The Morgan fingerprint density at radius 2 is 2.00 bits per heavy atom. The van der Waals surface area contributed by atoms with Gasteiger partial charge in [-0.3, -0.25) is 9.67 Å². The van der Waals surface area contributed by atoms with E-state index >= 15 is 0 Å². The highest BCUT2D eigenvalue weighted by molar-refractivity contribution is 5.78. The van der Waals surface area contributed by atoms with Gasteiger partial charge in [-0.05, 0) is 30.7 Å². The Hall–Kier alpha value is -2.20. The van der Waals surface area contributed by atoms with Crippen molar-refractivity contribution < 1.29 is 0 Å². The molecule has 3 aromatic rings. The standard InChI is InChI=1S/C17H20N4/c1-2-9-18-10-14-7-8-16(19-11-14)13-21-17-6-4-3-5-15(17)12-20-21/h3-8,11-12,18H,2,9-10,13H2,1H3. The van der Waals surface area contributed by atoms with Crippen LogP contribution in [-0.2, 0) is 13.1 Å². The van der Waals surface area contributed by atoms with Crippen LogP contribution in [0.4, 0.5) is 0 Å². The minimum Gasteiger partial charge on any atom is -0.313 e. The molecule has 4 nitrogen and oxygen atoms in total. The fourth-order valence-electron chi connectivity index (χ4n) is 2.37. The summed E-state index contributed by atoms with van der Waals surface area (Å²) in [6.45, 7) is 4.80. The monoisotopic (exact) mass is 280 g/mol. The first-order chi connectivity index (χ1) is 10.4. The molecule has 0 unspecified atom stereocenters. The van der Waals surface area contributed by atoms with Crippen LogP contribution < -0.4 is 5.32 Å². The Bertz CT molecular complexity index is 700. The van der Waals surface area contributed by atoms with E-state index in [1.807, 2.05) is 29.2 Å². The second-order valence-corrected chi connectivity index (χ2v) is 5.20. The molecule has 0 aliphatic rings. The van der Waals surface area contributed by atoms with E-state index in [4.69, 9.17) is 0 Å². The molecule has 0 atom stereocenters. The number of pyridine rings is 1. The molecule has 0 bridgehead atoms. The molecule has 3 rings (SSSR count). The minimum atomic E-state index is 0.705. The lowest BCUT2D eigenvalue weighted by Crippen LogP contribution is -2.14. The molecule has 0 aliphatic carbocycles. The van der Waals surface area contributed by atoms with Crippen molar-refractivity contribution in [2.45, 2.75) is 26.4 Å². The minimum absolute atomic E-state index is 0.705. The fraction of sp³-hybridized carbons (Fsp3) is 0.294. The number of benzene rings is 1. The van der Waals surface area contributed by atoms with E-state index in [0.29, 0.717) is 6.54 Å². The largest absolute Gasteiger partial charge is 0.313 e. The molecule has 4 heteroatoms. The lowest BCUT2D eigenvalue weighted by molar-refractivity contribution is 0.669. The summed E-state index contributed by atoms with van der Waals surface area (Å²) in [6.07, 6.45) is 5.00. The highest BCUT2D eigenvalue weighted by Gasteiger charge is 2.03. The third kappa shape index (κ3) is 3.28. The summed E-state index contributed by atoms with van der Waals surface area (Å²) in [7, 11) is 0. The number of aromatic nitrogens is 3. The van der Waals surface area contributed by atoms with E-state index in [9.17, 15) is 0 Å². The maximum absolute atomic E-state index is 4.54. The Balaban J connectivity index is 1.70. The number of para-hydroxylation sites is 1. The fourth-order valence-corrected chi connectivity index (χ4v) is 2.37. The van der Waals surface area contributed by atoms with Gasteiger partial charge in [-0.1, -0.05) is 31.2 Å². The van der Waals surface area contributed by atoms with Gasteiger partial charge in [0.15, 0.2) is 0 Å². The zero-order chi connectivity index (χ0) is 14.5. The van der Waals surface area contributed by atoms with Gasteiger partial charge in [0.25, 0.3) is 0 Å². The van der Waals surface area contributed by atoms with Crippen LogP contribution in [-0.4, -0.2) is 21.3 Å². The van der Waals surface area contributed by atoms with Gasteiger partial charge in [0.1, 0.15) is 0 Å². The van der Waals surface area contributed by atoms with Crippen molar-refractivity contribution in [3.05, 3.63) is 60.0 Å². The average molecular weight is 280 g/mol. The summed E-state index contributed by atoms with van der Waals surface area (Å²) in [5, 5.41) is 8.99. The average Bonchev–Trinajstić information content (AvgIpc) is 2.93. The van der Waals surface area contributed by atoms with Crippen LogP contribution >= 0.6 is 0 Å². The first-order valence-corrected chi connectivity index (χ1v) is 7.42. The molecule has 0 amide bonds. The quantitative estimate of drug-likeness (QED) is 0.706. The van der Waals surface area contributed by atoms with Crippen molar-refractivity contribution in [2.24, 2.45) is 0 Å². The third-order valence-electron chi connectivity index (χ3n) is 3.50. The lowest BCUT2D eigenvalue weighted by Gasteiger charge is -2.06. The van der Waals surface area contributed by atoms with Gasteiger partial charge in [-0.15, -0.1) is 0 Å². The summed E-state index contributed by atoms with van der Waals surface area (Å²) in [4.78, 5) is 4.54. The van der Waals surface area contributed by atoms with Gasteiger partial charge in [0, 0.05) is 18.1 Å². The van der Waals surface area contributed by atoms with Crippen LogP contribution in [0.15, 0.2) is 48.8 Å². The smallest absolute Gasteiger partial charge is 0.0838 e. The maximum Gasteiger partial charge on any atom is 0.0838 e. The van der Waals surface area contributed by atoms with Gasteiger partial charge in [0.05, 0.1) is 24.0 Å². The molecule has 0 fully saturated rings. The van der Waals surface area contributed by atoms with Gasteiger partial charge in [0.2, 0.25) is 0 Å². The van der Waals surface area contributed by atoms with E-state index < -0.39 is 0 Å². The van der Waals surface area contributed by atoms with Crippen molar-refractivity contribution in [1.29, 1.82) is 0 Å². The van der Waals surface area contributed by atoms with Crippen LogP contribution in [0, 0.1) is 0 Å². The van der Waals surface area contributed by atoms with Gasteiger partial charge in [-0.25, -0.2) is 0 Å². The van der Waals surface area contributed by atoms with Crippen LogP contribution in [0.5, 0.6) is 0 Å². The molecule has 0 spiro atoms. The molecule has 21 heavy (non-hydrogen) atoms. The highest BCUT2D eigenvalue weighted by Crippen LogP contribution is 2.13. The predicted molar refractivity (Wildman–Crippen MR) is 85.1 cm³/mol. The van der Waals surface area contributed by atoms with E-state index in [-0.39, 0.29) is 0 Å². The van der Waals surface area contributed by atoms with E-state index in [0.717, 1.165) is 36.1 Å². The zero-order valence-electron chi connectivity index (χ0n) is 12.3. The van der Waals surface area contributed by atoms with Crippen LogP contribution in [0.1, 0.15) is 24.6 Å². The van der Waals surface area contributed by atoms with Crippen LogP contribution in [0.3, 0.4) is 0 Å². The van der Waals surface area contributed by atoms with Crippen molar-refractivity contribution in [3.8, 4) is 0 Å². The second kappa shape index (κ2) is 6.50. The summed E-state index contributed by atoms with van der Waals surface area (Å²) in [6, 6.07) is 12.5. The van der Waals surface area contributed by atoms with E-state index in [1.165, 1.54) is 5.56 Å². The number of nitrogens with zero attached hydrogens (tertiary/aromatic N) is 3. The molecule has 0 radical (unpaired) electrons. The summed E-state index contributed by atoms with van der Waals surface area (Å²) < 4.78 is 1.99. The molecular formula is C17H20N4. The SMILES string of the molecule is CCCNCc1ccc(Cn2ncc3ccccc32)nc1. The number of rotatable bonds is 6. The molecule has 108 valence electrons. The summed E-state index contributed by atoms with van der Waals surface area (Å²) >= 11 is 0. The molecule has 0 aliphatic heterocycles. The topological polar surface area (TPSA) is 42.7 Å². The van der Waals surface area contributed by atoms with Crippen molar-refractivity contribution in [1.82, 2.24) is 20.1 Å². The molecule has 1 aromatic carbocycles. The Labute approximate surface area is 124 Å². The van der Waals surface area contributed by atoms with Crippen molar-refractivity contribution >= 4 is 10.9 Å². The van der Waals surface area contributed by atoms with E-state index in [1.54, 1.807) is 0 Å². The molecule has 0 saturated heterocycles. The van der Waals surface area contributed by atoms with Gasteiger partial charge < -0.3 is 5.32 Å². The normalized spacial score (nSPS) is 11.1. The number of fused-ring (bicyclic) bond motifs is 1.